The number of nitrogens with zero attached hydrogens (tertiary/aromatic N) is 2. The summed E-state index contributed by atoms with van der Waals surface area (Å²) in [6, 6.07) is 14.8. The molecule has 1 fully saturated rings. The van der Waals surface area contributed by atoms with Gasteiger partial charge in [-0.3, -0.25) is 0 Å². The third-order valence-electron chi connectivity index (χ3n) is 4.26. The van der Waals surface area contributed by atoms with E-state index in [0.29, 0.717) is 0 Å². The van der Waals surface area contributed by atoms with Crippen LogP contribution in [0.25, 0.3) is 0 Å². The Labute approximate surface area is 127 Å². The van der Waals surface area contributed by atoms with Crippen LogP contribution in [0.3, 0.4) is 0 Å². The molecule has 2 aromatic carbocycles. The summed E-state index contributed by atoms with van der Waals surface area (Å²) in [6.07, 6.45) is 0. The summed E-state index contributed by atoms with van der Waals surface area (Å²) in [6.45, 7) is 8.46. The first-order valence-corrected chi connectivity index (χ1v) is 7.57. The van der Waals surface area contributed by atoms with Crippen LogP contribution in [0.5, 0.6) is 0 Å². The van der Waals surface area contributed by atoms with Gasteiger partial charge >= 0.3 is 0 Å². The van der Waals surface area contributed by atoms with Crippen molar-refractivity contribution in [2.45, 2.75) is 13.8 Å². The third kappa shape index (κ3) is 2.82. The van der Waals surface area contributed by atoms with Crippen molar-refractivity contribution in [1.29, 1.82) is 0 Å². The molecule has 0 amide bonds. The van der Waals surface area contributed by atoms with Crippen molar-refractivity contribution in [3.05, 3.63) is 53.6 Å². The minimum atomic E-state index is 0.873. The van der Waals surface area contributed by atoms with E-state index < -0.39 is 0 Å². The number of nitrogen functional groups attached to an aromatic ring is 1. The Morgan fingerprint density at radius 1 is 0.810 bits per heavy atom. The lowest BCUT2D eigenvalue weighted by Gasteiger charge is -2.38. The molecule has 3 rings (SSSR count). The Balaban J connectivity index is 1.73. The molecule has 110 valence electrons. The first-order chi connectivity index (χ1) is 10.1. The Kier molecular flexibility index (Phi) is 3.74. The summed E-state index contributed by atoms with van der Waals surface area (Å²) in [5, 5.41) is 0. The van der Waals surface area contributed by atoms with Crippen molar-refractivity contribution in [2.24, 2.45) is 0 Å². The maximum absolute atomic E-state index is 6.09. The number of hydrogen-bond acceptors (Lipinski definition) is 3. The van der Waals surface area contributed by atoms with Crippen molar-refractivity contribution in [2.75, 3.05) is 41.7 Å². The van der Waals surface area contributed by atoms with Crippen LogP contribution in [0, 0.1) is 13.8 Å². The van der Waals surface area contributed by atoms with E-state index in [9.17, 15) is 0 Å². The molecule has 1 aliphatic rings. The molecule has 1 heterocycles. The van der Waals surface area contributed by atoms with Crippen LogP contribution in [-0.4, -0.2) is 26.2 Å². The first-order valence-electron chi connectivity index (χ1n) is 7.57. The van der Waals surface area contributed by atoms with Gasteiger partial charge in [0.25, 0.3) is 0 Å². The maximum Gasteiger partial charge on any atom is 0.0601 e. The van der Waals surface area contributed by atoms with Gasteiger partial charge < -0.3 is 15.5 Å². The number of anilines is 3. The summed E-state index contributed by atoms with van der Waals surface area (Å²) in [4.78, 5) is 4.87. The Hall–Kier alpha value is -2.16. The van der Waals surface area contributed by atoms with Crippen LogP contribution in [-0.2, 0) is 0 Å². The molecule has 21 heavy (non-hydrogen) atoms. The van der Waals surface area contributed by atoms with Gasteiger partial charge in [0.2, 0.25) is 0 Å². The molecule has 1 saturated heterocycles. The molecule has 0 bridgehead atoms. The van der Waals surface area contributed by atoms with E-state index in [0.717, 1.165) is 37.6 Å². The minimum absolute atomic E-state index is 0.873. The lowest BCUT2D eigenvalue weighted by molar-refractivity contribution is 0.653. The van der Waals surface area contributed by atoms with Crippen molar-refractivity contribution in [1.82, 2.24) is 0 Å². The Bertz CT molecular complexity index is 628. The average Bonchev–Trinajstić information content (AvgIpc) is 2.50. The van der Waals surface area contributed by atoms with Gasteiger partial charge in [0, 0.05) is 31.9 Å². The van der Waals surface area contributed by atoms with E-state index in [1.54, 1.807) is 0 Å². The van der Waals surface area contributed by atoms with E-state index in [4.69, 9.17) is 5.73 Å². The Morgan fingerprint density at radius 3 is 2.10 bits per heavy atom. The molecule has 2 aromatic rings. The number of aryl methyl sites for hydroxylation is 2. The van der Waals surface area contributed by atoms with Crippen LogP contribution in [0.1, 0.15) is 11.1 Å². The lowest BCUT2D eigenvalue weighted by Crippen LogP contribution is -2.47. The third-order valence-corrected chi connectivity index (χ3v) is 4.26. The number of piperazine rings is 1. The predicted molar refractivity (Wildman–Crippen MR) is 91.2 cm³/mol. The fourth-order valence-corrected chi connectivity index (χ4v) is 3.02. The van der Waals surface area contributed by atoms with Gasteiger partial charge in [-0.15, -0.1) is 0 Å². The molecule has 0 saturated carbocycles. The van der Waals surface area contributed by atoms with Crippen LogP contribution in [0.2, 0.25) is 0 Å². The summed E-state index contributed by atoms with van der Waals surface area (Å²) >= 11 is 0. The molecule has 3 heteroatoms. The zero-order valence-corrected chi connectivity index (χ0v) is 12.8. The van der Waals surface area contributed by atoms with Gasteiger partial charge in [-0.05, 0) is 43.2 Å². The molecule has 1 aliphatic heterocycles. The molecular formula is C18H23N3. The van der Waals surface area contributed by atoms with E-state index in [1.807, 2.05) is 12.1 Å². The second kappa shape index (κ2) is 5.68. The van der Waals surface area contributed by atoms with E-state index >= 15 is 0 Å². The summed E-state index contributed by atoms with van der Waals surface area (Å²) in [5.74, 6) is 0. The second-order valence-corrected chi connectivity index (χ2v) is 5.82. The zero-order chi connectivity index (χ0) is 14.8. The minimum Gasteiger partial charge on any atom is -0.397 e. The highest BCUT2D eigenvalue weighted by atomic mass is 15.3. The van der Waals surface area contributed by atoms with Crippen LogP contribution < -0.4 is 15.5 Å². The average molecular weight is 281 g/mol. The fourth-order valence-electron chi connectivity index (χ4n) is 3.02. The molecule has 0 spiro atoms. The topological polar surface area (TPSA) is 32.5 Å². The van der Waals surface area contributed by atoms with Gasteiger partial charge in [-0.25, -0.2) is 0 Å². The predicted octanol–water partition coefficient (Wildman–Crippen LogP) is 3.21. The van der Waals surface area contributed by atoms with Crippen molar-refractivity contribution in [3.63, 3.8) is 0 Å². The zero-order valence-electron chi connectivity index (χ0n) is 12.8. The van der Waals surface area contributed by atoms with Gasteiger partial charge in [0.05, 0.1) is 11.4 Å². The van der Waals surface area contributed by atoms with Gasteiger partial charge in [-0.2, -0.15) is 0 Å². The van der Waals surface area contributed by atoms with Gasteiger partial charge in [0.15, 0.2) is 0 Å². The van der Waals surface area contributed by atoms with E-state index in [1.165, 1.54) is 16.8 Å². The number of para-hydroxylation sites is 2. The SMILES string of the molecule is Cc1ccc(C)c(N2CCN(c3ccccc3N)CC2)c1. The summed E-state index contributed by atoms with van der Waals surface area (Å²) in [5.41, 5.74) is 12.2. The quantitative estimate of drug-likeness (QED) is 0.858. The number of nitrogens with two attached hydrogens (primary N) is 1. The van der Waals surface area contributed by atoms with Crippen LogP contribution >= 0.6 is 0 Å². The highest BCUT2D eigenvalue weighted by Gasteiger charge is 2.19. The van der Waals surface area contributed by atoms with Crippen LogP contribution in [0.15, 0.2) is 42.5 Å². The van der Waals surface area contributed by atoms with E-state index in [2.05, 4.69) is 54.0 Å². The van der Waals surface area contributed by atoms with Crippen molar-refractivity contribution < 1.29 is 0 Å². The van der Waals surface area contributed by atoms with E-state index in [-0.39, 0.29) is 0 Å². The molecule has 0 atom stereocenters. The summed E-state index contributed by atoms with van der Waals surface area (Å²) in [7, 11) is 0. The van der Waals surface area contributed by atoms with Crippen LogP contribution in [0.4, 0.5) is 17.1 Å². The highest BCUT2D eigenvalue weighted by molar-refractivity contribution is 5.68. The molecule has 0 aliphatic carbocycles. The molecule has 0 aromatic heterocycles. The van der Waals surface area contributed by atoms with Gasteiger partial charge in [0.1, 0.15) is 0 Å². The number of benzene rings is 2. The first kappa shape index (κ1) is 13.8. The van der Waals surface area contributed by atoms with Gasteiger partial charge in [-0.1, -0.05) is 24.3 Å². The molecule has 2 N–H and O–H groups in total. The number of rotatable bonds is 2. The molecule has 0 unspecified atom stereocenters. The largest absolute Gasteiger partial charge is 0.397 e. The monoisotopic (exact) mass is 281 g/mol. The maximum atomic E-state index is 6.09. The summed E-state index contributed by atoms with van der Waals surface area (Å²) < 4.78 is 0. The second-order valence-electron chi connectivity index (χ2n) is 5.82. The van der Waals surface area contributed by atoms with Crippen molar-refractivity contribution >= 4 is 17.1 Å². The molecular weight excluding hydrogens is 258 g/mol. The normalized spacial score (nSPS) is 15.3. The molecule has 0 radical (unpaired) electrons. The smallest absolute Gasteiger partial charge is 0.0601 e. The highest BCUT2D eigenvalue weighted by Crippen LogP contribution is 2.27. The Morgan fingerprint density at radius 2 is 1.43 bits per heavy atom. The van der Waals surface area contributed by atoms with Crippen molar-refractivity contribution in [3.8, 4) is 0 Å². The number of hydrogen-bond donors (Lipinski definition) is 1. The molecule has 3 nitrogen and oxygen atoms in total. The fraction of sp³-hybridized carbons (Fsp3) is 0.333. The standard InChI is InChI=1S/C18H23N3/c1-14-7-8-15(2)18(13-14)21-11-9-20(10-12-21)17-6-4-3-5-16(17)19/h3-8,13H,9-12,19H2,1-2H3. The lowest BCUT2D eigenvalue weighted by atomic mass is 10.1.